The molecule has 1 aromatic carbocycles. The van der Waals surface area contributed by atoms with Gasteiger partial charge in [-0.05, 0) is 56.1 Å². The highest BCUT2D eigenvalue weighted by Gasteiger charge is 2.36. The van der Waals surface area contributed by atoms with Crippen molar-refractivity contribution in [1.82, 2.24) is 10.6 Å². The van der Waals surface area contributed by atoms with Gasteiger partial charge in [-0.25, -0.2) is 0 Å². The predicted octanol–water partition coefficient (Wildman–Crippen LogP) is 3.27. The molecule has 1 aliphatic heterocycles. The largest absolute Gasteiger partial charge is 0.385 e. The van der Waals surface area contributed by atoms with E-state index in [1.165, 1.54) is 31.4 Å². The zero-order chi connectivity index (χ0) is 19.0. The molecule has 1 unspecified atom stereocenters. The van der Waals surface area contributed by atoms with Crippen molar-refractivity contribution in [1.29, 1.82) is 0 Å². The van der Waals surface area contributed by atoms with Crippen LogP contribution in [-0.2, 0) is 4.74 Å². The summed E-state index contributed by atoms with van der Waals surface area (Å²) in [6.07, 6.45) is 6.27. The topological polar surface area (TPSA) is 48.9 Å². The van der Waals surface area contributed by atoms with Gasteiger partial charge in [0.05, 0.1) is 0 Å². The number of methoxy groups -OCH3 is 1. The SMILES string of the molecule is CCNC(=NCC1(CCOC)CCC1)NCC1CCN(c2ccccc2)C1. The fourth-order valence-corrected chi connectivity index (χ4v) is 4.18. The second-order valence-corrected chi connectivity index (χ2v) is 8.11. The van der Waals surface area contributed by atoms with E-state index in [0.717, 1.165) is 51.7 Å². The highest BCUT2D eigenvalue weighted by Crippen LogP contribution is 2.44. The number of anilines is 1. The van der Waals surface area contributed by atoms with E-state index < -0.39 is 0 Å². The molecule has 150 valence electrons. The van der Waals surface area contributed by atoms with E-state index in [-0.39, 0.29) is 0 Å². The van der Waals surface area contributed by atoms with Gasteiger partial charge in [0, 0.05) is 52.1 Å². The molecule has 1 aromatic rings. The van der Waals surface area contributed by atoms with Crippen molar-refractivity contribution in [3.63, 3.8) is 0 Å². The van der Waals surface area contributed by atoms with Gasteiger partial charge < -0.3 is 20.3 Å². The summed E-state index contributed by atoms with van der Waals surface area (Å²) in [7, 11) is 1.79. The zero-order valence-corrected chi connectivity index (χ0v) is 17.0. The molecule has 0 radical (unpaired) electrons. The Morgan fingerprint density at radius 3 is 2.74 bits per heavy atom. The van der Waals surface area contributed by atoms with Crippen molar-refractivity contribution in [2.75, 3.05) is 51.3 Å². The molecule has 0 spiro atoms. The van der Waals surface area contributed by atoms with E-state index in [1.54, 1.807) is 7.11 Å². The summed E-state index contributed by atoms with van der Waals surface area (Å²) >= 11 is 0. The van der Waals surface area contributed by atoms with Crippen molar-refractivity contribution < 1.29 is 4.74 Å². The third kappa shape index (κ3) is 5.61. The molecule has 1 heterocycles. The molecule has 0 amide bonds. The first-order valence-corrected chi connectivity index (χ1v) is 10.6. The van der Waals surface area contributed by atoms with Gasteiger partial charge in [0.1, 0.15) is 0 Å². The number of guanidine groups is 1. The number of benzene rings is 1. The number of nitrogens with zero attached hydrogens (tertiary/aromatic N) is 2. The van der Waals surface area contributed by atoms with E-state index in [0.29, 0.717) is 11.3 Å². The van der Waals surface area contributed by atoms with Crippen LogP contribution in [-0.4, -0.2) is 52.4 Å². The number of hydrogen-bond donors (Lipinski definition) is 2. The second-order valence-electron chi connectivity index (χ2n) is 8.11. The molecule has 2 fully saturated rings. The molecule has 0 bridgehead atoms. The number of rotatable bonds is 9. The third-order valence-corrected chi connectivity index (χ3v) is 6.13. The molecule has 1 saturated heterocycles. The van der Waals surface area contributed by atoms with Crippen LogP contribution in [0.3, 0.4) is 0 Å². The van der Waals surface area contributed by atoms with E-state index in [9.17, 15) is 0 Å². The van der Waals surface area contributed by atoms with E-state index in [2.05, 4.69) is 52.8 Å². The fourth-order valence-electron chi connectivity index (χ4n) is 4.18. The smallest absolute Gasteiger partial charge is 0.191 e. The van der Waals surface area contributed by atoms with Gasteiger partial charge in [0.25, 0.3) is 0 Å². The van der Waals surface area contributed by atoms with Gasteiger partial charge in [0.15, 0.2) is 5.96 Å². The van der Waals surface area contributed by atoms with Crippen LogP contribution in [0.15, 0.2) is 35.3 Å². The van der Waals surface area contributed by atoms with Gasteiger partial charge in [0.2, 0.25) is 0 Å². The molecule has 27 heavy (non-hydrogen) atoms. The standard InChI is InChI=1S/C22H36N4O/c1-3-23-21(25-18-22(11-7-12-22)13-15-27-2)24-16-19-10-14-26(17-19)20-8-5-4-6-9-20/h4-6,8-9,19H,3,7,10-18H2,1-2H3,(H2,23,24,25). The molecule has 1 atom stereocenters. The summed E-state index contributed by atoms with van der Waals surface area (Å²) in [6.45, 7) is 8.04. The van der Waals surface area contributed by atoms with Crippen molar-refractivity contribution in [2.45, 2.75) is 39.0 Å². The van der Waals surface area contributed by atoms with Gasteiger partial charge >= 0.3 is 0 Å². The van der Waals surface area contributed by atoms with E-state index in [4.69, 9.17) is 9.73 Å². The summed E-state index contributed by atoms with van der Waals surface area (Å²) in [5.74, 6) is 1.64. The molecule has 5 nitrogen and oxygen atoms in total. The zero-order valence-electron chi connectivity index (χ0n) is 17.0. The van der Waals surface area contributed by atoms with Crippen LogP contribution in [0.1, 0.15) is 39.0 Å². The summed E-state index contributed by atoms with van der Waals surface area (Å²) < 4.78 is 5.30. The molecule has 0 aromatic heterocycles. The van der Waals surface area contributed by atoms with Crippen LogP contribution in [0.5, 0.6) is 0 Å². The molecule has 2 N–H and O–H groups in total. The lowest BCUT2D eigenvalue weighted by Crippen LogP contribution is -2.42. The molecular formula is C22H36N4O. The molecule has 1 saturated carbocycles. The highest BCUT2D eigenvalue weighted by molar-refractivity contribution is 5.79. The maximum atomic E-state index is 5.30. The number of aliphatic imine (C=N–C) groups is 1. The maximum Gasteiger partial charge on any atom is 0.191 e. The van der Waals surface area contributed by atoms with E-state index >= 15 is 0 Å². The minimum Gasteiger partial charge on any atom is -0.385 e. The number of hydrogen-bond acceptors (Lipinski definition) is 3. The van der Waals surface area contributed by atoms with Crippen molar-refractivity contribution in [3.05, 3.63) is 30.3 Å². The van der Waals surface area contributed by atoms with Gasteiger partial charge in [-0.15, -0.1) is 0 Å². The minimum atomic E-state index is 0.371. The van der Waals surface area contributed by atoms with Gasteiger partial charge in [-0.3, -0.25) is 4.99 Å². The quantitative estimate of drug-likeness (QED) is 0.516. The summed E-state index contributed by atoms with van der Waals surface area (Å²) in [5.41, 5.74) is 1.71. The van der Waals surface area contributed by atoms with Crippen molar-refractivity contribution >= 4 is 11.6 Å². The Kier molecular flexibility index (Phi) is 7.39. The average Bonchev–Trinajstić information content (AvgIpc) is 3.14. The van der Waals surface area contributed by atoms with Crippen molar-refractivity contribution in [3.8, 4) is 0 Å². The Morgan fingerprint density at radius 2 is 2.07 bits per heavy atom. The first-order chi connectivity index (χ1) is 13.2. The Balaban J connectivity index is 1.48. The Bertz CT molecular complexity index is 585. The van der Waals surface area contributed by atoms with Crippen LogP contribution in [0.2, 0.25) is 0 Å². The molecule has 2 aliphatic rings. The number of para-hydroxylation sites is 1. The number of ether oxygens (including phenoxy) is 1. The van der Waals surface area contributed by atoms with Crippen LogP contribution in [0.25, 0.3) is 0 Å². The summed E-state index contributed by atoms with van der Waals surface area (Å²) in [4.78, 5) is 7.41. The predicted molar refractivity (Wildman–Crippen MR) is 114 cm³/mol. The van der Waals surface area contributed by atoms with E-state index in [1.807, 2.05) is 0 Å². The van der Waals surface area contributed by atoms with Crippen LogP contribution in [0, 0.1) is 11.3 Å². The summed E-state index contributed by atoms with van der Waals surface area (Å²) in [5, 5.41) is 7.01. The van der Waals surface area contributed by atoms with Crippen LogP contribution >= 0.6 is 0 Å². The van der Waals surface area contributed by atoms with Crippen molar-refractivity contribution in [2.24, 2.45) is 16.3 Å². The van der Waals surface area contributed by atoms with Gasteiger partial charge in [-0.2, -0.15) is 0 Å². The lowest BCUT2D eigenvalue weighted by atomic mass is 9.67. The highest BCUT2D eigenvalue weighted by atomic mass is 16.5. The summed E-state index contributed by atoms with van der Waals surface area (Å²) in [6, 6.07) is 10.7. The average molecular weight is 373 g/mol. The van der Waals surface area contributed by atoms with Gasteiger partial charge in [-0.1, -0.05) is 24.6 Å². The second kappa shape index (κ2) is 9.98. The Hall–Kier alpha value is -1.75. The van der Waals surface area contributed by atoms with Crippen LogP contribution < -0.4 is 15.5 Å². The fraction of sp³-hybridized carbons (Fsp3) is 0.682. The Morgan fingerprint density at radius 1 is 1.26 bits per heavy atom. The molecular weight excluding hydrogens is 336 g/mol. The minimum absolute atomic E-state index is 0.371. The Labute approximate surface area is 164 Å². The monoisotopic (exact) mass is 372 g/mol. The molecule has 1 aliphatic carbocycles. The third-order valence-electron chi connectivity index (χ3n) is 6.13. The first-order valence-electron chi connectivity index (χ1n) is 10.6. The number of nitrogens with one attached hydrogen (secondary N) is 2. The lowest BCUT2D eigenvalue weighted by molar-refractivity contribution is 0.0778. The lowest BCUT2D eigenvalue weighted by Gasteiger charge is -2.40. The normalized spacial score (nSPS) is 21.8. The van der Waals surface area contributed by atoms with Crippen LogP contribution in [0.4, 0.5) is 5.69 Å². The molecule has 3 rings (SSSR count). The molecule has 5 heteroatoms. The maximum absolute atomic E-state index is 5.30. The first kappa shape index (κ1) is 20.0.